The first-order valence-corrected chi connectivity index (χ1v) is 8.70. The Hall–Kier alpha value is -3.11. The number of nitrogens with one attached hydrogen (secondary N) is 2. The molecule has 0 saturated heterocycles. The van der Waals surface area contributed by atoms with Crippen LogP contribution in [-0.2, 0) is 25.3 Å². The number of alkyl halides is 3. The second-order valence-electron chi connectivity index (χ2n) is 6.51. The Morgan fingerprint density at radius 2 is 1.76 bits per heavy atom. The Morgan fingerprint density at radius 1 is 1.14 bits per heavy atom. The second-order valence-corrected chi connectivity index (χ2v) is 6.51. The third-order valence-corrected chi connectivity index (χ3v) is 3.97. The molecule has 1 aromatic rings. The number of carbonyl (C=O) groups is 4. The van der Waals surface area contributed by atoms with E-state index >= 15 is 0 Å². The van der Waals surface area contributed by atoms with E-state index in [1.54, 1.807) is 0 Å². The first kappa shape index (κ1) is 22.2. The van der Waals surface area contributed by atoms with Crippen LogP contribution >= 0.6 is 0 Å². The van der Waals surface area contributed by atoms with Gasteiger partial charge in [0.1, 0.15) is 6.54 Å². The largest absolute Gasteiger partial charge is 0.454 e. The lowest BCUT2D eigenvalue weighted by atomic mass is 10.1. The van der Waals surface area contributed by atoms with E-state index in [1.807, 2.05) is 0 Å². The normalized spacial score (nSPS) is 13.4. The molecule has 0 unspecified atom stereocenters. The van der Waals surface area contributed by atoms with Crippen molar-refractivity contribution < 1.29 is 37.1 Å². The molecule has 0 spiro atoms. The average Bonchev–Trinajstić information content (AvgIpc) is 3.47. The Morgan fingerprint density at radius 3 is 2.31 bits per heavy atom. The van der Waals surface area contributed by atoms with E-state index in [0.717, 1.165) is 42.0 Å². The highest BCUT2D eigenvalue weighted by molar-refractivity contribution is 5.96. The van der Waals surface area contributed by atoms with Crippen molar-refractivity contribution in [2.75, 3.05) is 26.7 Å². The highest BCUT2D eigenvalue weighted by atomic mass is 19.4. The van der Waals surface area contributed by atoms with Gasteiger partial charge in [0.2, 0.25) is 5.91 Å². The fourth-order valence-corrected chi connectivity index (χ4v) is 2.17. The molecule has 1 aliphatic rings. The Balaban J connectivity index is 1.69. The molecule has 11 heteroatoms. The lowest BCUT2D eigenvalue weighted by molar-refractivity contribution is -0.151. The van der Waals surface area contributed by atoms with Crippen molar-refractivity contribution in [1.82, 2.24) is 15.5 Å². The smallest absolute Gasteiger partial charge is 0.416 e. The molecule has 1 saturated carbocycles. The fraction of sp³-hybridized carbons (Fsp3) is 0.444. The maximum atomic E-state index is 12.5. The van der Waals surface area contributed by atoms with Crippen LogP contribution < -0.4 is 10.6 Å². The van der Waals surface area contributed by atoms with Crippen LogP contribution in [0.25, 0.3) is 0 Å². The second kappa shape index (κ2) is 9.39. The number of hydrogen-bond acceptors (Lipinski definition) is 5. The zero-order chi connectivity index (χ0) is 21.6. The molecule has 3 amide bonds. The third kappa shape index (κ3) is 7.43. The third-order valence-electron chi connectivity index (χ3n) is 3.97. The number of likely N-dealkylation sites (N-methyl/N-ethyl adjacent to an activating group) is 1. The molecule has 29 heavy (non-hydrogen) atoms. The first-order chi connectivity index (χ1) is 13.6. The van der Waals surface area contributed by atoms with Crippen LogP contribution in [0.2, 0.25) is 0 Å². The summed E-state index contributed by atoms with van der Waals surface area (Å²) in [6, 6.07) is 3.63. The van der Waals surface area contributed by atoms with E-state index in [1.165, 1.54) is 7.05 Å². The number of halogens is 3. The summed E-state index contributed by atoms with van der Waals surface area (Å²) < 4.78 is 42.2. The van der Waals surface area contributed by atoms with Crippen molar-refractivity contribution in [2.45, 2.75) is 25.1 Å². The number of nitrogens with zero attached hydrogens (tertiary/aromatic N) is 1. The Bertz CT molecular complexity index is 776. The summed E-state index contributed by atoms with van der Waals surface area (Å²) in [7, 11) is 1.38. The minimum atomic E-state index is -4.52. The topological polar surface area (TPSA) is 105 Å². The molecule has 0 aromatic heterocycles. The van der Waals surface area contributed by atoms with Crippen LogP contribution in [0.1, 0.15) is 28.8 Å². The molecule has 0 bridgehead atoms. The zero-order valence-electron chi connectivity index (χ0n) is 15.5. The number of amides is 3. The number of hydrogen-bond donors (Lipinski definition) is 2. The van der Waals surface area contributed by atoms with E-state index in [9.17, 15) is 32.3 Å². The monoisotopic (exact) mass is 415 g/mol. The summed E-state index contributed by atoms with van der Waals surface area (Å²) in [6.07, 6.45) is -2.69. The molecular weight excluding hydrogens is 395 g/mol. The minimum Gasteiger partial charge on any atom is -0.454 e. The van der Waals surface area contributed by atoms with Gasteiger partial charge in [0.15, 0.2) is 6.61 Å². The Labute approximate surface area is 164 Å². The molecule has 1 aliphatic carbocycles. The molecule has 0 atom stereocenters. The van der Waals surface area contributed by atoms with Gasteiger partial charge in [-0.15, -0.1) is 0 Å². The Kier molecular flexibility index (Phi) is 7.18. The fourth-order valence-electron chi connectivity index (χ4n) is 2.17. The van der Waals surface area contributed by atoms with Crippen molar-refractivity contribution in [3.63, 3.8) is 0 Å². The van der Waals surface area contributed by atoms with Gasteiger partial charge >= 0.3 is 12.1 Å². The highest BCUT2D eigenvalue weighted by Crippen LogP contribution is 2.29. The van der Waals surface area contributed by atoms with Crippen LogP contribution in [0.4, 0.5) is 13.2 Å². The molecule has 1 aromatic carbocycles. The van der Waals surface area contributed by atoms with Crippen LogP contribution in [0.5, 0.6) is 0 Å². The van der Waals surface area contributed by atoms with E-state index in [2.05, 4.69) is 10.6 Å². The van der Waals surface area contributed by atoms with Gasteiger partial charge in [-0.25, -0.2) is 0 Å². The minimum absolute atomic E-state index is 0.0664. The molecule has 0 heterocycles. The van der Waals surface area contributed by atoms with Gasteiger partial charge in [-0.3, -0.25) is 19.2 Å². The molecule has 2 N–H and O–H groups in total. The maximum Gasteiger partial charge on any atom is 0.416 e. The first-order valence-electron chi connectivity index (χ1n) is 8.70. The number of carbonyl (C=O) groups excluding carboxylic acids is 4. The standard InChI is InChI=1S/C18H20F3N3O5/c1-24(9-14(25)23-13-6-7-13)15(26)10-29-16(27)8-22-17(28)11-2-4-12(5-3-11)18(19,20)21/h2-5,13H,6-10H2,1H3,(H,22,28)(H,23,25). The molecular formula is C18H20F3N3O5. The van der Waals surface area contributed by atoms with Crippen LogP contribution in [0.15, 0.2) is 24.3 Å². The number of esters is 1. The van der Waals surface area contributed by atoms with Gasteiger partial charge in [-0.1, -0.05) is 0 Å². The van der Waals surface area contributed by atoms with E-state index in [0.29, 0.717) is 0 Å². The SMILES string of the molecule is CN(CC(=O)NC1CC1)C(=O)COC(=O)CNC(=O)c1ccc(C(F)(F)F)cc1. The van der Waals surface area contributed by atoms with Gasteiger partial charge in [0, 0.05) is 18.7 Å². The molecule has 0 aliphatic heterocycles. The van der Waals surface area contributed by atoms with E-state index < -0.39 is 42.7 Å². The van der Waals surface area contributed by atoms with Gasteiger partial charge in [-0.05, 0) is 37.1 Å². The predicted octanol–water partition coefficient (Wildman–Crippen LogP) is 0.715. The average molecular weight is 415 g/mol. The molecule has 8 nitrogen and oxygen atoms in total. The summed E-state index contributed by atoms with van der Waals surface area (Å²) in [5, 5.41) is 4.90. The summed E-state index contributed by atoms with van der Waals surface area (Å²) in [5.74, 6) is -2.58. The van der Waals surface area contributed by atoms with Gasteiger partial charge in [-0.2, -0.15) is 13.2 Å². The van der Waals surface area contributed by atoms with Crippen molar-refractivity contribution in [3.8, 4) is 0 Å². The van der Waals surface area contributed by atoms with Crippen molar-refractivity contribution in [1.29, 1.82) is 0 Å². The summed E-state index contributed by atoms with van der Waals surface area (Å²) in [5.41, 5.74) is -0.967. The van der Waals surface area contributed by atoms with Crippen LogP contribution in [-0.4, -0.2) is 61.4 Å². The number of ether oxygens (including phenoxy) is 1. The zero-order valence-corrected chi connectivity index (χ0v) is 15.5. The molecule has 2 rings (SSSR count). The number of rotatable bonds is 8. The highest BCUT2D eigenvalue weighted by Gasteiger charge is 2.30. The van der Waals surface area contributed by atoms with E-state index in [4.69, 9.17) is 4.74 Å². The predicted molar refractivity (Wildman–Crippen MR) is 93.5 cm³/mol. The molecule has 0 radical (unpaired) electrons. The van der Waals surface area contributed by atoms with Crippen molar-refractivity contribution in [2.24, 2.45) is 0 Å². The summed E-state index contributed by atoms with van der Waals surface area (Å²) in [6.45, 7) is -1.35. The van der Waals surface area contributed by atoms with Gasteiger partial charge in [0.05, 0.1) is 12.1 Å². The van der Waals surface area contributed by atoms with Crippen LogP contribution in [0, 0.1) is 0 Å². The maximum absolute atomic E-state index is 12.5. The lowest BCUT2D eigenvalue weighted by Gasteiger charge is -2.16. The van der Waals surface area contributed by atoms with E-state index in [-0.39, 0.29) is 24.1 Å². The number of benzene rings is 1. The lowest BCUT2D eigenvalue weighted by Crippen LogP contribution is -2.41. The van der Waals surface area contributed by atoms with Crippen LogP contribution in [0.3, 0.4) is 0 Å². The van der Waals surface area contributed by atoms with Gasteiger partial charge in [0.25, 0.3) is 11.8 Å². The molecule has 158 valence electrons. The van der Waals surface area contributed by atoms with Crippen molar-refractivity contribution in [3.05, 3.63) is 35.4 Å². The quantitative estimate of drug-likeness (QED) is 0.609. The summed E-state index contributed by atoms with van der Waals surface area (Å²) >= 11 is 0. The molecule has 1 fully saturated rings. The van der Waals surface area contributed by atoms with Crippen molar-refractivity contribution >= 4 is 23.7 Å². The summed E-state index contributed by atoms with van der Waals surface area (Å²) in [4.78, 5) is 48.0. The van der Waals surface area contributed by atoms with Gasteiger partial charge < -0.3 is 20.3 Å².